The van der Waals surface area contributed by atoms with Crippen molar-refractivity contribution >= 4 is 0 Å². The summed E-state index contributed by atoms with van der Waals surface area (Å²) in [6, 6.07) is -1.63. The zero-order valence-corrected chi connectivity index (χ0v) is 9.46. The average molecular weight is 238 g/mol. The Kier molecular flexibility index (Phi) is 3.85. The minimum absolute atomic E-state index is 0.163. The van der Waals surface area contributed by atoms with Crippen molar-refractivity contribution in [2.45, 2.75) is 32.3 Å². The zero-order chi connectivity index (χ0) is 12.5. The summed E-state index contributed by atoms with van der Waals surface area (Å²) in [5.74, 6) is 0. The Hall–Kier alpha value is -0.750. The maximum absolute atomic E-state index is 12.8. The molecule has 0 radical (unpaired) electrons. The lowest BCUT2D eigenvalue weighted by Crippen LogP contribution is -2.60. The number of alkyl halides is 3. The molecule has 0 aliphatic carbocycles. The van der Waals surface area contributed by atoms with Crippen molar-refractivity contribution in [3.8, 4) is 0 Å². The second kappa shape index (κ2) is 4.63. The first-order valence-electron chi connectivity index (χ1n) is 5.14. The highest BCUT2D eigenvalue weighted by Crippen LogP contribution is 2.29. The van der Waals surface area contributed by atoms with Gasteiger partial charge in [-0.1, -0.05) is 6.58 Å². The van der Waals surface area contributed by atoms with Crippen LogP contribution in [-0.2, 0) is 0 Å². The van der Waals surface area contributed by atoms with Gasteiger partial charge in [0, 0.05) is 25.3 Å². The van der Waals surface area contributed by atoms with E-state index in [2.05, 4.69) is 6.58 Å². The van der Waals surface area contributed by atoms with E-state index in [0.717, 1.165) is 4.90 Å². The molecule has 1 aliphatic heterocycles. The molecule has 0 saturated carbocycles. The maximum Gasteiger partial charge on any atom is 0.405 e. The lowest BCUT2D eigenvalue weighted by atomic mass is 10.1. The van der Waals surface area contributed by atoms with Gasteiger partial charge in [-0.2, -0.15) is 13.2 Å². The van der Waals surface area contributed by atoms with Gasteiger partial charge in [-0.25, -0.2) is 0 Å². The fourth-order valence-corrected chi connectivity index (χ4v) is 1.88. The second-order valence-electron chi connectivity index (χ2n) is 4.11. The summed E-state index contributed by atoms with van der Waals surface area (Å²) >= 11 is 0. The van der Waals surface area contributed by atoms with Gasteiger partial charge in [0.1, 0.15) is 12.3 Å². The third-order valence-corrected chi connectivity index (χ3v) is 2.82. The first-order chi connectivity index (χ1) is 7.23. The summed E-state index contributed by atoms with van der Waals surface area (Å²) in [7, 11) is 0. The van der Waals surface area contributed by atoms with Gasteiger partial charge < -0.3 is 10.0 Å². The quantitative estimate of drug-likeness (QED) is 0.788. The van der Waals surface area contributed by atoms with Crippen LogP contribution in [0, 0.1) is 0 Å². The molecular formula is C10H17F3N2O. The minimum Gasteiger partial charge on any atom is -0.379 e. The first-order valence-corrected chi connectivity index (χ1v) is 5.14. The standard InChI is InChI=1S/C10H17F3N2O/c1-7(2)14-4-5-15(8(3)16)9(6-14)10(11,12)13/h8-9,16H,1,4-6H2,2-3H3. The number of aliphatic hydroxyl groups is 1. The number of hydrogen-bond donors (Lipinski definition) is 1. The topological polar surface area (TPSA) is 26.7 Å². The lowest BCUT2D eigenvalue weighted by molar-refractivity contribution is -0.216. The maximum atomic E-state index is 12.8. The molecule has 0 bridgehead atoms. The third kappa shape index (κ3) is 2.89. The summed E-state index contributed by atoms with van der Waals surface area (Å²) in [5.41, 5.74) is 0.625. The zero-order valence-electron chi connectivity index (χ0n) is 9.46. The van der Waals surface area contributed by atoms with Crippen molar-refractivity contribution in [3.63, 3.8) is 0 Å². The molecule has 0 spiro atoms. The van der Waals surface area contributed by atoms with E-state index in [4.69, 9.17) is 0 Å². The predicted molar refractivity (Wildman–Crippen MR) is 54.6 cm³/mol. The van der Waals surface area contributed by atoms with Crippen molar-refractivity contribution in [1.82, 2.24) is 9.80 Å². The molecule has 1 saturated heterocycles. The number of piperazine rings is 1. The van der Waals surface area contributed by atoms with Crippen LogP contribution in [0.2, 0.25) is 0 Å². The van der Waals surface area contributed by atoms with Gasteiger partial charge in [0.25, 0.3) is 0 Å². The van der Waals surface area contributed by atoms with E-state index in [-0.39, 0.29) is 13.1 Å². The molecule has 1 fully saturated rings. The van der Waals surface area contributed by atoms with Crippen LogP contribution in [0.3, 0.4) is 0 Å². The highest BCUT2D eigenvalue weighted by atomic mass is 19.4. The fourth-order valence-electron chi connectivity index (χ4n) is 1.88. The van der Waals surface area contributed by atoms with E-state index >= 15 is 0 Å². The number of allylic oxidation sites excluding steroid dienone is 1. The summed E-state index contributed by atoms with van der Waals surface area (Å²) in [6.45, 7) is 7.18. The van der Waals surface area contributed by atoms with Gasteiger partial charge in [0.15, 0.2) is 0 Å². The Morgan fingerprint density at radius 2 is 2.00 bits per heavy atom. The molecule has 0 amide bonds. The third-order valence-electron chi connectivity index (χ3n) is 2.82. The molecule has 1 N–H and O–H groups in total. The van der Waals surface area contributed by atoms with Crippen molar-refractivity contribution in [2.75, 3.05) is 19.6 Å². The van der Waals surface area contributed by atoms with Gasteiger partial charge in [-0.15, -0.1) is 0 Å². The van der Waals surface area contributed by atoms with Crippen LogP contribution in [0.5, 0.6) is 0 Å². The van der Waals surface area contributed by atoms with Crippen molar-refractivity contribution in [1.29, 1.82) is 0 Å². The molecule has 3 nitrogen and oxygen atoms in total. The van der Waals surface area contributed by atoms with Crippen LogP contribution < -0.4 is 0 Å². The van der Waals surface area contributed by atoms with E-state index in [1.165, 1.54) is 6.92 Å². The second-order valence-corrected chi connectivity index (χ2v) is 4.11. The summed E-state index contributed by atoms with van der Waals surface area (Å²) in [6.07, 6.45) is -5.41. The van der Waals surface area contributed by atoms with Crippen LogP contribution in [0.15, 0.2) is 12.3 Å². The van der Waals surface area contributed by atoms with E-state index in [0.29, 0.717) is 12.2 Å². The van der Waals surface area contributed by atoms with Crippen LogP contribution in [0.4, 0.5) is 13.2 Å². The molecule has 1 rings (SSSR count). The van der Waals surface area contributed by atoms with E-state index in [9.17, 15) is 18.3 Å². The van der Waals surface area contributed by atoms with E-state index in [1.54, 1.807) is 11.8 Å². The summed E-state index contributed by atoms with van der Waals surface area (Å²) in [4.78, 5) is 2.66. The largest absolute Gasteiger partial charge is 0.405 e. The monoisotopic (exact) mass is 238 g/mol. The number of aliphatic hydroxyl groups excluding tert-OH is 1. The Bertz CT molecular complexity index is 265. The molecule has 1 heterocycles. The number of rotatable bonds is 2. The van der Waals surface area contributed by atoms with Gasteiger partial charge >= 0.3 is 6.18 Å². The van der Waals surface area contributed by atoms with Crippen molar-refractivity contribution < 1.29 is 18.3 Å². The van der Waals surface area contributed by atoms with Crippen LogP contribution in [0.1, 0.15) is 13.8 Å². The highest BCUT2D eigenvalue weighted by Gasteiger charge is 2.47. The highest BCUT2D eigenvalue weighted by molar-refractivity contribution is 4.97. The number of nitrogens with zero attached hydrogens (tertiary/aromatic N) is 2. The average Bonchev–Trinajstić information content (AvgIpc) is 2.15. The van der Waals surface area contributed by atoms with Crippen LogP contribution in [-0.4, -0.2) is 53.0 Å². The Labute approximate surface area is 93.1 Å². The SMILES string of the molecule is C=C(C)N1CCN(C(C)O)C(C(F)(F)F)C1. The molecule has 6 heteroatoms. The Morgan fingerprint density at radius 1 is 1.44 bits per heavy atom. The number of hydrogen-bond acceptors (Lipinski definition) is 3. The van der Waals surface area contributed by atoms with Crippen molar-refractivity contribution in [2.24, 2.45) is 0 Å². The molecular weight excluding hydrogens is 221 g/mol. The van der Waals surface area contributed by atoms with Gasteiger partial charge in [0.05, 0.1) is 0 Å². The van der Waals surface area contributed by atoms with Gasteiger partial charge in [0.2, 0.25) is 0 Å². The van der Waals surface area contributed by atoms with Crippen LogP contribution >= 0.6 is 0 Å². The van der Waals surface area contributed by atoms with Gasteiger partial charge in [-0.3, -0.25) is 4.90 Å². The predicted octanol–water partition coefficient (Wildman–Crippen LogP) is 1.41. The van der Waals surface area contributed by atoms with Crippen molar-refractivity contribution in [3.05, 3.63) is 12.3 Å². The molecule has 0 aromatic carbocycles. The fraction of sp³-hybridized carbons (Fsp3) is 0.800. The first kappa shape index (κ1) is 13.3. The molecule has 94 valence electrons. The van der Waals surface area contributed by atoms with Crippen LogP contribution in [0.25, 0.3) is 0 Å². The molecule has 16 heavy (non-hydrogen) atoms. The number of halogens is 3. The smallest absolute Gasteiger partial charge is 0.379 e. The molecule has 0 aromatic heterocycles. The molecule has 0 aromatic rings. The summed E-state index contributed by atoms with van der Waals surface area (Å²) in [5, 5.41) is 9.32. The molecule has 2 atom stereocenters. The minimum atomic E-state index is -4.33. The lowest BCUT2D eigenvalue weighted by Gasteiger charge is -2.44. The summed E-state index contributed by atoms with van der Waals surface area (Å²) < 4.78 is 38.3. The van der Waals surface area contributed by atoms with Gasteiger partial charge in [-0.05, 0) is 13.8 Å². The molecule has 1 aliphatic rings. The van der Waals surface area contributed by atoms with E-state index < -0.39 is 18.4 Å². The van der Waals surface area contributed by atoms with E-state index in [1.807, 2.05) is 0 Å². The Balaban J connectivity index is 2.82. The molecule has 2 unspecified atom stereocenters. The normalized spacial score (nSPS) is 25.6. The Morgan fingerprint density at radius 3 is 2.38 bits per heavy atom.